The first-order chi connectivity index (χ1) is 2.45. The average molecular weight is 372 g/mol. The molecule has 0 saturated heterocycles. The van der Waals surface area contributed by atoms with Gasteiger partial charge in [-0.15, -0.1) is 0 Å². The summed E-state index contributed by atoms with van der Waals surface area (Å²) in [5.41, 5.74) is 0. The Morgan fingerprint density at radius 3 is 0.778 bits per heavy atom. The normalized spacial score (nSPS) is 18.0. The number of hydrogen-bond acceptors (Lipinski definition) is 0. The van der Waals surface area contributed by atoms with E-state index in [-0.39, 0.29) is 58.3 Å². The van der Waals surface area contributed by atoms with E-state index in [1.165, 1.54) is 0 Å². The third-order valence-corrected chi connectivity index (χ3v) is 0. The van der Waals surface area contributed by atoms with Crippen LogP contribution in [0.25, 0.3) is 0 Å². The Hall–Kier alpha value is 3.96. The Labute approximate surface area is 120 Å². The second kappa shape index (κ2) is 4.00. The quantitative estimate of drug-likeness (QED) is 0.553. The molecule has 0 amide bonds. The van der Waals surface area contributed by atoms with Gasteiger partial charge in [0.2, 0.25) is 0 Å². The first-order valence-corrected chi connectivity index (χ1v) is 14.2. The molecular weight excluding hydrogens is 369 g/mol. The van der Waals surface area contributed by atoms with Crippen LogP contribution in [0, 0.1) is 0 Å². The third-order valence-electron chi connectivity index (χ3n) is 0. The van der Waals surface area contributed by atoms with Gasteiger partial charge in [-0.05, 0) is 0 Å². The van der Waals surface area contributed by atoms with Crippen molar-refractivity contribution in [3.05, 3.63) is 0 Å². The summed E-state index contributed by atoms with van der Waals surface area (Å²) in [4.78, 5) is 0. The van der Waals surface area contributed by atoms with Crippen LogP contribution in [0.5, 0.6) is 0 Å². The van der Waals surface area contributed by atoms with E-state index < -0.39 is 6.48 Å². The molecule has 0 unspecified atom stereocenters. The van der Waals surface area contributed by atoms with Gasteiger partial charge in [-0.2, -0.15) is 0 Å². The van der Waals surface area contributed by atoms with Crippen molar-refractivity contribution in [3.63, 3.8) is 0 Å². The van der Waals surface area contributed by atoms with Crippen molar-refractivity contribution in [1.82, 2.24) is 0 Å². The second-order valence-corrected chi connectivity index (χ2v) is 40.3. The molecule has 2 N–H and O–H groups in total. The van der Waals surface area contributed by atoms with Crippen LogP contribution in [0.1, 0.15) is 1.43 Å². The zero-order valence-corrected chi connectivity index (χ0v) is 13.5. The summed E-state index contributed by atoms with van der Waals surface area (Å²) in [6.07, 6.45) is 0. The van der Waals surface area contributed by atoms with E-state index in [0.717, 1.165) is 0 Å². The van der Waals surface area contributed by atoms with Gasteiger partial charge >= 0.3 is 116 Å². The molecule has 0 atom stereocenters. The van der Waals surface area contributed by atoms with E-state index in [1.807, 2.05) is 0 Å². The Balaban J connectivity index is -0.0000000600. The van der Waals surface area contributed by atoms with Gasteiger partial charge in [0.1, 0.15) is 0 Å². The van der Waals surface area contributed by atoms with Crippen molar-refractivity contribution in [1.29, 1.82) is 0 Å². The van der Waals surface area contributed by atoms with Crippen LogP contribution in [0.15, 0.2) is 0 Å². The van der Waals surface area contributed by atoms with Gasteiger partial charge < -0.3 is 6.90 Å². The van der Waals surface area contributed by atoms with Crippen LogP contribution in [-0.2, 0) is 6.48 Å². The van der Waals surface area contributed by atoms with E-state index in [2.05, 4.69) is 0 Å². The van der Waals surface area contributed by atoms with Gasteiger partial charge in [0, 0.05) is 0 Å². The standard InChI is InChI=1S/6ClH.K.H2O.Ru.H/h6*1H;;1H2;;/q;;;;;;+1;;+6;-1/p-6. The average Bonchev–Trinajstić information content (AvgIpc) is 0.592. The summed E-state index contributed by atoms with van der Waals surface area (Å²) >= 11 is 0. The van der Waals surface area contributed by atoms with E-state index >= 15 is 0 Å². The summed E-state index contributed by atoms with van der Waals surface area (Å²) in [6.45, 7) is -5.22. The minimum Gasteiger partial charge on any atom is -1.00 e. The first-order valence-electron chi connectivity index (χ1n) is 0.802. The van der Waals surface area contributed by atoms with Crippen molar-refractivity contribution < 1.29 is 64.8 Å². The molecule has 0 aromatic carbocycles. The van der Waals surface area contributed by atoms with Crippen molar-refractivity contribution in [3.8, 4) is 0 Å². The van der Waals surface area contributed by atoms with E-state index in [9.17, 15) is 0 Å². The van der Waals surface area contributed by atoms with Crippen LogP contribution in [0.2, 0.25) is 0 Å². The van der Waals surface area contributed by atoms with E-state index in [4.69, 9.17) is 58.1 Å². The molecule has 0 aliphatic rings. The van der Waals surface area contributed by atoms with Crippen molar-refractivity contribution in [2.45, 2.75) is 0 Å². The monoisotopic (exact) mass is 370 g/mol. The number of hydrogen-bond donors (Lipinski definition) is 0. The van der Waals surface area contributed by atoms with E-state index in [1.54, 1.807) is 0 Å². The van der Waals surface area contributed by atoms with Crippen LogP contribution >= 0.6 is 58.1 Å². The molecule has 0 aliphatic carbocycles. The predicted octanol–water partition coefficient (Wildman–Crippen LogP) is 0.426. The molecule has 0 spiro atoms. The SMILES string of the molecule is O.[Cl][Ru]([Cl])([Cl])([Cl])([Cl])[Cl].[H-].[K+]. The summed E-state index contributed by atoms with van der Waals surface area (Å²) in [7, 11) is 30.3. The van der Waals surface area contributed by atoms with Gasteiger partial charge in [0.25, 0.3) is 0 Å². The molecule has 0 saturated carbocycles. The molecule has 0 radical (unpaired) electrons. The molecule has 0 fully saturated rings. The molecule has 1 nitrogen and oxygen atoms in total. The van der Waals surface area contributed by atoms with Crippen LogP contribution in [-0.4, -0.2) is 5.48 Å². The minimum absolute atomic E-state index is 0. The van der Waals surface area contributed by atoms with Gasteiger partial charge in [-0.25, -0.2) is 0 Å². The molecule has 0 heterocycles. The Morgan fingerprint density at radius 1 is 0.778 bits per heavy atom. The molecule has 0 aromatic rings. The maximum absolute atomic E-state index is 5.22. The Morgan fingerprint density at radius 2 is 0.778 bits per heavy atom. The fraction of sp³-hybridized carbons (Fsp3) is 0. The van der Waals surface area contributed by atoms with Crippen LogP contribution in [0.3, 0.4) is 0 Å². The Kier molecular flexibility index (Phi) is 8.30. The summed E-state index contributed by atoms with van der Waals surface area (Å²) < 4.78 is 0. The molecule has 0 bridgehead atoms. The van der Waals surface area contributed by atoms with Gasteiger partial charge in [0.15, 0.2) is 0 Å². The minimum atomic E-state index is -5.22. The van der Waals surface area contributed by atoms with Crippen LogP contribution in [0.4, 0.5) is 0 Å². The maximum Gasteiger partial charge on any atom is 1.00 e. The molecule has 0 rings (SSSR count). The molecule has 0 aliphatic heterocycles. The molecular formula is H3Cl6KORu. The smallest absolute Gasteiger partial charge is 1.00 e. The molecule has 0 aromatic heterocycles. The molecule has 9 heteroatoms. The number of rotatable bonds is 0. The summed E-state index contributed by atoms with van der Waals surface area (Å²) in [5, 5.41) is 0. The summed E-state index contributed by atoms with van der Waals surface area (Å²) in [6, 6.07) is 0. The third kappa shape index (κ3) is 75.7. The van der Waals surface area contributed by atoms with Crippen LogP contribution < -0.4 is 51.4 Å². The fourth-order valence-corrected chi connectivity index (χ4v) is 0. The first kappa shape index (κ1) is 18.7. The van der Waals surface area contributed by atoms with Gasteiger partial charge in [0.05, 0.1) is 0 Å². The molecule has 9 heavy (non-hydrogen) atoms. The van der Waals surface area contributed by atoms with Crippen molar-refractivity contribution in [2.75, 3.05) is 0 Å². The largest absolute Gasteiger partial charge is 1.00 e. The van der Waals surface area contributed by atoms with Crippen molar-refractivity contribution >= 4 is 58.1 Å². The van der Waals surface area contributed by atoms with Crippen molar-refractivity contribution in [2.24, 2.45) is 0 Å². The number of halogens is 6. The zero-order valence-electron chi connectivity index (χ0n) is 5.12. The fourth-order valence-electron chi connectivity index (χ4n) is 0. The predicted molar refractivity (Wildman–Crippen MR) is 39.8 cm³/mol. The maximum atomic E-state index is 5.04. The molecule has 60 valence electrons. The summed E-state index contributed by atoms with van der Waals surface area (Å²) in [5.74, 6) is 0. The second-order valence-electron chi connectivity index (χ2n) is 0.758. The van der Waals surface area contributed by atoms with E-state index in [0.29, 0.717) is 0 Å². The van der Waals surface area contributed by atoms with Gasteiger partial charge in [-0.1, -0.05) is 0 Å². The van der Waals surface area contributed by atoms with Gasteiger partial charge in [-0.3, -0.25) is 0 Å². The topological polar surface area (TPSA) is 31.5 Å². The Bertz CT molecular complexity index is 76.3. The zero-order chi connectivity index (χ0) is 6.41.